The van der Waals surface area contributed by atoms with Crippen molar-refractivity contribution in [3.8, 4) is 22.0 Å². The Labute approximate surface area is 107 Å². The second-order valence-corrected chi connectivity index (χ2v) is 4.96. The van der Waals surface area contributed by atoms with Gasteiger partial charge in [-0.05, 0) is 29.6 Å². The standard InChI is InChI=1S/C13H7N3OS/c17-13-8-3-1-5-14-12(8)10-7-9(15-16(10)13)11-4-2-6-18-11/h1-7H. The highest BCUT2D eigenvalue weighted by Gasteiger charge is 2.29. The van der Waals surface area contributed by atoms with Crippen molar-refractivity contribution in [3.05, 3.63) is 47.5 Å². The van der Waals surface area contributed by atoms with Crippen molar-refractivity contribution in [1.82, 2.24) is 14.8 Å². The number of rotatable bonds is 1. The molecule has 0 aromatic carbocycles. The number of carbonyl (C=O) groups excluding carboxylic acids is 1. The monoisotopic (exact) mass is 253 g/mol. The molecule has 0 spiro atoms. The lowest BCUT2D eigenvalue weighted by atomic mass is 10.2. The van der Waals surface area contributed by atoms with Crippen molar-refractivity contribution in [2.45, 2.75) is 0 Å². The van der Waals surface area contributed by atoms with Crippen LogP contribution < -0.4 is 0 Å². The van der Waals surface area contributed by atoms with E-state index in [1.807, 2.05) is 23.6 Å². The van der Waals surface area contributed by atoms with Gasteiger partial charge in [-0.3, -0.25) is 9.78 Å². The maximum absolute atomic E-state index is 12.1. The van der Waals surface area contributed by atoms with Gasteiger partial charge in [0.15, 0.2) is 0 Å². The topological polar surface area (TPSA) is 47.8 Å². The highest BCUT2D eigenvalue weighted by Crippen LogP contribution is 2.33. The number of pyridine rings is 1. The number of aromatic nitrogens is 3. The Morgan fingerprint density at radius 2 is 2.17 bits per heavy atom. The predicted octanol–water partition coefficient (Wildman–Crippen LogP) is 2.68. The van der Waals surface area contributed by atoms with E-state index in [0.717, 1.165) is 22.0 Å². The Morgan fingerprint density at radius 3 is 3.00 bits per heavy atom. The Hall–Kier alpha value is -2.27. The first kappa shape index (κ1) is 9.73. The Kier molecular flexibility index (Phi) is 1.82. The van der Waals surface area contributed by atoms with Crippen LogP contribution in [0.3, 0.4) is 0 Å². The lowest BCUT2D eigenvalue weighted by molar-refractivity contribution is 0.0955. The van der Waals surface area contributed by atoms with E-state index >= 15 is 0 Å². The number of thiophene rings is 1. The van der Waals surface area contributed by atoms with Crippen molar-refractivity contribution < 1.29 is 4.79 Å². The van der Waals surface area contributed by atoms with Crippen LogP contribution in [0.1, 0.15) is 10.4 Å². The second-order valence-electron chi connectivity index (χ2n) is 4.01. The summed E-state index contributed by atoms with van der Waals surface area (Å²) in [5.74, 6) is -0.101. The average molecular weight is 253 g/mol. The molecule has 0 aliphatic carbocycles. The fraction of sp³-hybridized carbons (Fsp3) is 0. The lowest BCUT2D eigenvalue weighted by Gasteiger charge is -1.94. The van der Waals surface area contributed by atoms with Crippen molar-refractivity contribution in [3.63, 3.8) is 0 Å². The van der Waals surface area contributed by atoms with Crippen molar-refractivity contribution >= 4 is 17.2 Å². The summed E-state index contributed by atoms with van der Waals surface area (Å²) in [6, 6.07) is 9.43. The van der Waals surface area contributed by atoms with Crippen LogP contribution in [0.25, 0.3) is 22.0 Å². The van der Waals surface area contributed by atoms with E-state index < -0.39 is 0 Å². The first-order valence-corrected chi connectivity index (χ1v) is 6.36. The molecular weight excluding hydrogens is 246 g/mol. The summed E-state index contributed by atoms with van der Waals surface area (Å²) in [6.45, 7) is 0. The molecule has 0 radical (unpaired) electrons. The zero-order valence-corrected chi connectivity index (χ0v) is 10.0. The molecule has 0 unspecified atom stereocenters. The zero-order chi connectivity index (χ0) is 12.1. The van der Waals surface area contributed by atoms with Crippen LogP contribution >= 0.6 is 11.3 Å². The number of hydrogen-bond acceptors (Lipinski definition) is 4. The molecule has 0 atom stereocenters. The molecule has 18 heavy (non-hydrogen) atoms. The van der Waals surface area contributed by atoms with Crippen molar-refractivity contribution in [2.24, 2.45) is 0 Å². The number of fused-ring (bicyclic) bond motifs is 3. The highest BCUT2D eigenvalue weighted by molar-refractivity contribution is 7.13. The van der Waals surface area contributed by atoms with Gasteiger partial charge in [0, 0.05) is 6.20 Å². The van der Waals surface area contributed by atoms with Crippen molar-refractivity contribution in [1.29, 1.82) is 0 Å². The van der Waals surface area contributed by atoms with Crippen LogP contribution in [0, 0.1) is 0 Å². The normalized spacial score (nSPS) is 12.6. The maximum atomic E-state index is 12.1. The minimum absolute atomic E-state index is 0.101. The van der Waals surface area contributed by atoms with E-state index in [1.54, 1.807) is 29.7 Å². The van der Waals surface area contributed by atoms with Gasteiger partial charge in [0.25, 0.3) is 5.91 Å². The molecule has 0 N–H and O–H groups in total. The van der Waals surface area contributed by atoms with Gasteiger partial charge in [-0.25, -0.2) is 0 Å². The molecule has 1 aliphatic rings. The molecule has 1 aliphatic heterocycles. The van der Waals surface area contributed by atoms with Gasteiger partial charge in [-0.15, -0.1) is 11.3 Å². The van der Waals surface area contributed by atoms with Crippen LogP contribution in [0.2, 0.25) is 0 Å². The second kappa shape index (κ2) is 3.36. The molecule has 0 saturated carbocycles. The summed E-state index contributed by atoms with van der Waals surface area (Å²) < 4.78 is 1.44. The van der Waals surface area contributed by atoms with Gasteiger partial charge in [-0.1, -0.05) is 6.07 Å². The zero-order valence-electron chi connectivity index (χ0n) is 9.20. The molecular formula is C13H7N3OS. The summed E-state index contributed by atoms with van der Waals surface area (Å²) in [5, 5.41) is 6.36. The maximum Gasteiger partial charge on any atom is 0.281 e. The van der Waals surface area contributed by atoms with E-state index in [9.17, 15) is 4.79 Å². The first-order chi connectivity index (χ1) is 8.84. The molecule has 4 heterocycles. The van der Waals surface area contributed by atoms with Gasteiger partial charge >= 0.3 is 0 Å². The van der Waals surface area contributed by atoms with Gasteiger partial charge in [0.2, 0.25) is 0 Å². The fourth-order valence-electron chi connectivity index (χ4n) is 2.15. The SMILES string of the molecule is O=C1c2cccnc2-c2cc(-c3cccs3)nn21. The average Bonchev–Trinajstić information content (AvgIpc) is 3.09. The highest BCUT2D eigenvalue weighted by atomic mass is 32.1. The molecule has 0 saturated heterocycles. The molecule has 3 aromatic heterocycles. The molecule has 4 rings (SSSR count). The van der Waals surface area contributed by atoms with E-state index in [2.05, 4.69) is 10.1 Å². The van der Waals surface area contributed by atoms with Crippen LogP contribution in [-0.2, 0) is 0 Å². The van der Waals surface area contributed by atoms with Gasteiger partial charge in [0.1, 0.15) is 11.4 Å². The quantitative estimate of drug-likeness (QED) is 0.524. The van der Waals surface area contributed by atoms with Crippen LogP contribution in [0.4, 0.5) is 0 Å². The number of carbonyl (C=O) groups is 1. The van der Waals surface area contributed by atoms with Crippen LogP contribution in [0.15, 0.2) is 41.9 Å². The first-order valence-electron chi connectivity index (χ1n) is 5.48. The molecule has 5 heteroatoms. The molecule has 0 bridgehead atoms. The Bertz CT molecular complexity index is 758. The van der Waals surface area contributed by atoms with E-state index in [-0.39, 0.29) is 5.91 Å². The lowest BCUT2D eigenvalue weighted by Crippen LogP contribution is -2.07. The predicted molar refractivity (Wildman–Crippen MR) is 68.5 cm³/mol. The van der Waals surface area contributed by atoms with Crippen molar-refractivity contribution in [2.75, 3.05) is 0 Å². The summed E-state index contributed by atoms with van der Waals surface area (Å²) in [5.41, 5.74) is 2.94. The van der Waals surface area contributed by atoms with Crippen LogP contribution in [0.5, 0.6) is 0 Å². The summed E-state index contributed by atoms with van der Waals surface area (Å²) in [7, 11) is 0. The molecule has 4 nitrogen and oxygen atoms in total. The Balaban J connectivity index is 1.96. The minimum atomic E-state index is -0.101. The number of nitrogens with zero attached hydrogens (tertiary/aromatic N) is 3. The smallest absolute Gasteiger partial charge is 0.267 e. The third-order valence-electron chi connectivity index (χ3n) is 2.96. The van der Waals surface area contributed by atoms with Gasteiger partial charge in [0.05, 0.1) is 16.1 Å². The van der Waals surface area contributed by atoms with Gasteiger partial charge in [-0.2, -0.15) is 9.78 Å². The summed E-state index contributed by atoms with van der Waals surface area (Å²) in [6.07, 6.45) is 1.69. The minimum Gasteiger partial charge on any atom is -0.267 e. The van der Waals surface area contributed by atoms with E-state index in [0.29, 0.717) is 5.56 Å². The number of hydrogen-bond donors (Lipinski definition) is 0. The third-order valence-corrected chi connectivity index (χ3v) is 3.85. The largest absolute Gasteiger partial charge is 0.281 e. The van der Waals surface area contributed by atoms with E-state index in [4.69, 9.17) is 0 Å². The molecule has 0 amide bonds. The molecule has 3 aromatic rings. The molecule has 0 fully saturated rings. The van der Waals surface area contributed by atoms with Gasteiger partial charge < -0.3 is 0 Å². The fourth-order valence-corrected chi connectivity index (χ4v) is 2.83. The third kappa shape index (κ3) is 1.16. The molecule has 86 valence electrons. The van der Waals surface area contributed by atoms with Crippen LogP contribution in [-0.4, -0.2) is 20.7 Å². The summed E-state index contributed by atoms with van der Waals surface area (Å²) >= 11 is 1.61. The Morgan fingerprint density at radius 1 is 1.22 bits per heavy atom. The van der Waals surface area contributed by atoms with E-state index in [1.165, 1.54) is 4.68 Å². The summed E-state index contributed by atoms with van der Waals surface area (Å²) in [4.78, 5) is 17.5.